The van der Waals surface area contributed by atoms with E-state index in [4.69, 9.17) is 9.47 Å². The van der Waals surface area contributed by atoms with Gasteiger partial charge in [-0.1, -0.05) is 6.92 Å². The highest BCUT2D eigenvalue weighted by molar-refractivity contribution is 5.78. The van der Waals surface area contributed by atoms with Crippen molar-refractivity contribution < 1.29 is 19.2 Å². The first-order valence-corrected chi connectivity index (χ1v) is 7.81. The largest absolute Gasteiger partial charge is 0.493 e. The molecule has 1 amide bonds. The van der Waals surface area contributed by atoms with E-state index in [2.05, 4.69) is 6.92 Å². The second-order valence-corrected chi connectivity index (χ2v) is 5.53. The number of piperidine rings is 1. The highest BCUT2D eigenvalue weighted by atomic mass is 16.6. The lowest BCUT2D eigenvalue weighted by Gasteiger charge is -2.35. The minimum Gasteiger partial charge on any atom is -0.493 e. The summed E-state index contributed by atoms with van der Waals surface area (Å²) in [5.74, 6) is 0.485. The van der Waals surface area contributed by atoms with Crippen LogP contribution in [-0.4, -0.2) is 42.0 Å². The van der Waals surface area contributed by atoms with E-state index in [1.165, 1.54) is 25.3 Å². The molecular weight excluding hydrogens is 300 g/mol. The molecule has 1 aromatic rings. The van der Waals surface area contributed by atoms with Crippen LogP contribution < -0.4 is 9.47 Å². The predicted molar refractivity (Wildman–Crippen MR) is 84.8 cm³/mol. The average molecular weight is 322 g/mol. The molecule has 1 unspecified atom stereocenters. The minimum atomic E-state index is -0.508. The number of carbonyl (C=O) groups is 1. The molecule has 0 bridgehead atoms. The van der Waals surface area contributed by atoms with Gasteiger partial charge in [-0.25, -0.2) is 0 Å². The number of amides is 1. The van der Waals surface area contributed by atoms with Crippen molar-refractivity contribution in [3.8, 4) is 11.5 Å². The van der Waals surface area contributed by atoms with E-state index in [0.717, 1.165) is 32.2 Å². The van der Waals surface area contributed by atoms with E-state index < -0.39 is 4.92 Å². The SMILES string of the molecule is CCC1CCCCN1C(=O)COc1cc([N+](=O)[O-])ccc1OC. The summed E-state index contributed by atoms with van der Waals surface area (Å²) in [7, 11) is 1.45. The number of likely N-dealkylation sites (tertiary alicyclic amines) is 1. The van der Waals surface area contributed by atoms with Gasteiger partial charge in [-0.05, 0) is 31.7 Å². The molecule has 0 aliphatic carbocycles. The molecule has 1 heterocycles. The molecule has 7 nitrogen and oxygen atoms in total. The molecule has 1 aliphatic heterocycles. The lowest BCUT2D eigenvalue weighted by Crippen LogP contribution is -2.45. The molecule has 126 valence electrons. The van der Waals surface area contributed by atoms with Crippen LogP contribution in [0.3, 0.4) is 0 Å². The van der Waals surface area contributed by atoms with Crippen LogP contribution in [0.25, 0.3) is 0 Å². The zero-order valence-electron chi connectivity index (χ0n) is 13.5. The Balaban J connectivity index is 2.05. The second kappa shape index (κ2) is 7.80. The van der Waals surface area contributed by atoms with Crippen LogP contribution in [-0.2, 0) is 4.79 Å². The quantitative estimate of drug-likeness (QED) is 0.594. The van der Waals surface area contributed by atoms with Gasteiger partial charge in [0, 0.05) is 18.7 Å². The fourth-order valence-corrected chi connectivity index (χ4v) is 2.87. The van der Waals surface area contributed by atoms with Crippen molar-refractivity contribution >= 4 is 11.6 Å². The number of methoxy groups -OCH3 is 1. The van der Waals surface area contributed by atoms with E-state index in [0.29, 0.717) is 5.75 Å². The van der Waals surface area contributed by atoms with Crippen LogP contribution in [0.1, 0.15) is 32.6 Å². The number of non-ortho nitro benzene ring substituents is 1. The summed E-state index contributed by atoms with van der Waals surface area (Å²) in [5, 5.41) is 10.9. The van der Waals surface area contributed by atoms with Crippen molar-refractivity contribution in [2.75, 3.05) is 20.3 Å². The number of benzene rings is 1. The van der Waals surface area contributed by atoms with Gasteiger partial charge in [0.2, 0.25) is 0 Å². The van der Waals surface area contributed by atoms with Gasteiger partial charge in [-0.15, -0.1) is 0 Å². The molecule has 1 aromatic carbocycles. The van der Waals surface area contributed by atoms with Crippen LogP contribution in [0.4, 0.5) is 5.69 Å². The Kier molecular flexibility index (Phi) is 5.78. The summed E-state index contributed by atoms with van der Waals surface area (Å²) < 4.78 is 10.6. The molecule has 0 saturated carbocycles. The van der Waals surface area contributed by atoms with Crippen molar-refractivity contribution in [1.29, 1.82) is 0 Å². The van der Waals surface area contributed by atoms with Crippen LogP contribution in [0.2, 0.25) is 0 Å². The van der Waals surface area contributed by atoms with Crippen LogP contribution in [0.15, 0.2) is 18.2 Å². The van der Waals surface area contributed by atoms with Gasteiger partial charge >= 0.3 is 0 Å². The molecule has 2 rings (SSSR count). The molecule has 0 aromatic heterocycles. The number of rotatable bonds is 6. The van der Waals surface area contributed by atoms with E-state index in [-0.39, 0.29) is 30.0 Å². The van der Waals surface area contributed by atoms with Crippen molar-refractivity contribution in [2.45, 2.75) is 38.6 Å². The highest BCUT2D eigenvalue weighted by Gasteiger charge is 2.25. The third-order valence-electron chi connectivity index (χ3n) is 4.13. The summed E-state index contributed by atoms with van der Waals surface area (Å²) in [6.45, 7) is 2.67. The third kappa shape index (κ3) is 4.12. The van der Waals surface area contributed by atoms with Crippen molar-refractivity contribution in [2.24, 2.45) is 0 Å². The molecule has 1 atom stereocenters. The first-order chi connectivity index (χ1) is 11.1. The standard InChI is InChI=1S/C16H22N2O5/c1-3-12-6-4-5-9-17(12)16(19)11-23-15-10-13(18(20)21)7-8-14(15)22-2/h7-8,10,12H,3-6,9,11H2,1-2H3. The summed E-state index contributed by atoms with van der Waals surface area (Å²) in [5.41, 5.74) is -0.0994. The molecule has 0 spiro atoms. The number of hydrogen-bond donors (Lipinski definition) is 0. The Morgan fingerprint density at radius 2 is 2.17 bits per heavy atom. The number of carbonyl (C=O) groups excluding carboxylic acids is 1. The smallest absolute Gasteiger partial charge is 0.273 e. The number of nitro benzene ring substituents is 1. The van der Waals surface area contributed by atoms with Gasteiger partial charge in [-0.2, -0.15) is 0 Å². The Morgan fingerprint density at radius 1 is 1.39 bits per heavy atom. The van der Waals surface area contributed by atoms with Crippen LogP contribution in [0, 0.1) is 10.1 Å². The number of nitro groups is 1. The van der Waals surface area contributed by atoms with Gasteiger partial charge in [-0.3, -0.25) is 14.9 Å². The predicted octanol–water partition coefficient (Wildman–Crippen LogP) is 2.77. The maximum Gasteiger partial charge on any atom is 0.273 e. The molecule has 0 radical (unpaired) electrons. The maximum atomic E-state index is 12.4. The Morgan fingerprint density at radius 3 is 2.83 bits per heavy atom. The second-order valence-electron chi connectivity index (χ2n) is 5.53. The van der Waals surface area contributed by atoms with E-state index >= 15 is 0 Å². The summed E-state index contributed by atoms with van der Waals surface area (Å²) >= 11 is 0. The first kappa shape index (κ1) is 17.1. The van der Waals surface area contributed by atoms with E-state index in [9.17, 15) is 14.9 Å². The van der Waals surface area contributed by atoms with Gasteiger partial charge in [0.1, 0.15) is 0 Å². The number of nitrogens with zero attached hydrogens (tertiary/aromatic N) is 2. The Hall–Kier alpha value is -2.31. The normalized spacial score (nSPS) is 17.7. The molecule has 1 fully saturated rings. The fourth-order valence-electron chi connectivity index (χ4n) is 2.87. The highest BCUT2D eigenvalue weighted by Crippen LogP contribution is 2.31. The summed E-state index contributed by atoms with van der Waals surface area (Å²) in [6.07, 6.45) is 4.08. The molecule has 23 heavy (non-hydrogen) atoms. The van der Waals surface area contributed by atoms with Gasteiger partial charge < -0.3 is 14.4 Å². The monoisotopic (exact) mass is 322 g/mol. The topological polar surface area (TPSA) is 81.9 Å². The summed E-state index contributed by atoms with van der Waals surface area (Å²) in [6, 6.07) is 4.34. The van der Waals surface area contributed by atoms with Crippen LogP contribution >= 0.6 is 0 Å². The molecule has 7 heteroatoms. The fraction of sp³-hybridized carbons (Fsp3) is 0.562. The Labute approximate surface area is 135 Å². The average Bonchev–Trinajstić information content (AvgIpc) is 2.59. The lowest BCUT2D eigenvalue weighted by atomic mass is 10.00. The van der Waals surface area contributed by atoms with Gasteiger partial charge in [0.15, 0.2) is 18.1 Å². The third-order valence-corrected chi connectivity index (χ3v) is 4.13. The number of hydrogen-bond acceptors (Lipinski definition) is 5. The zero-order chi connectivity index (χ0) is 16.8. The Bertz CT molecular complexity index is 576. The molecule has 1 aliphatic rings. The molecule has 1 saturated heterocycles. The first-order valence-electron chi connectivity index (χ1n) is 7.81. The van der Waals surface area contributed by atoms with Crippen molar-refractivity contribution in [1.82, 2.24) is 4.90 Å². The summed E-state index contributed by atoms with van der Waals surface area (Å²) in [4.78, 5) is 24.6. The lowest BCUT2D eigenvalue weighted by molar-refractivity contribution is -0.385. The molecule has 0 N–H and O–H groups in total. The van der Waals surface area contributed by atoms with Gasteiger partial charge in [0.05, 0.1) is 18.1 Å². The number of ether oxygens (including phenoxy) is 2. The van der Waals surface area contributed by atoms with Crippen molar-refractivity contribution in [3.63, 3.8) is 0 Å². The van der Waals surface area contributed by atoms with Gasteiger partial charge in [0.25, 0.3) is 11.6 Å². The van der Waals surface area contributed by atoms with E-state index in [1.807, 2.05) is 4.90 Å². The zero-order valence-corrected chi connectivity index (χ0v) is 13.5. The minimum absolute atomic E-state index is 0.0925. The molecular formula is C16H22N2O5. The maximum absolute atomic E-state index is 12.4. The van der Waals surface area contributed by atoms with E-state index in [1.54, 1.807) is 0 Å². The van der Waals surface area contributed by atoms with Crippen LogP contribution in [0.5, 0.6) is 11.5 Å². The van der Waals surface area contributed by atoms with Crippen molar-refractivity contribution in [3.05, 3.63) is 28.3 Å².